The van der Waals surface area contributed by atoms with E-state index in [1.165, 1.54) is 24.3 Å². The lowest BCUT2D eigenvalue weighted by atomic mass is 10.1. The average molecular weight is 331 g/mol. The summed E-state index contributed by atoms with van der Waals surface area (Å²) in [5.74, 6) is 0. The van der Waals surface area contributed by atoms with Gasteiger partial charge in [0.15, 0.2) is 0 Å². The molecule has 2 aromatic rings. The number of aliphatic imine (C=N–C) groups is 3. The molecule has 0 aromatic heterocycles. The van der Waals surface area contributed by atoms with Crippen LogP contribution >= 0.6 is 0 Å². The van der Waals surface area contributed by atoms with E-state index in [0.29, 0.717) is 22.6 Å². The topological polar surface area (TPSA) is 88.3 Å². The number of carbonyl (C=O) groups excluding carboxylic acids is 3. The minimum absolute atomic E-state index is 0.381. The van der Waals surface area contributed by atoms with E-state index in [0.717, 1.165) is 5.56 Å². The second-order valence-electron chi connectivity index (χ2n) is 4.32. The molecule has 0 saturated carbocycles. The molecule has 0 amide bonds. The van der Waals surface area contributed by atoms with Gasteiger partial charge in [0.2, 0.25) is 18.2 Å². The Morgan fingerprint density at radius 1 is 0.720 bits per heavy atom. The molecular formula is C19H13N3O3. The summed E-state index contributed by atoms with van der Waals surface area (Å²) < 4.78 is 0. The molecule has 0 fully saturated rings. The van der Waals surface area contributed by atoms with Crippen molar-refractivity contribution in [2.24, 2.45) is 15.0 Å². The van der Waals surface area contributed by atoms with Crippen LogP contribution in [0.15, 0.2) is 70.6 Å². The largest absolute Gasteiger partial charge is 0.240 e. The summed E-state index contributed by atoms with van der Waals surface area (Å²) in [6.07, 6.45) is 7.50. The zero-order chi connectivity index (χ0) is 18.5. The highest BCUT2D eigenvalue weighted by Gasteiger charge is 2.02. The van der Waals surface area contributed by atoms with E-state index >= 15 is 0 Å². The van der Waals surface area contributed by atoms with Gasteiger partial charge >= 0.3 is 0 Å². The fourth-order valence-electron chi connectivity index (χ4n) is 1.78. The molecule has 0 N–H and O–H groups in total. The fourth-order valence-corrected chi connectivity index (χ4v) is 1.78. The molecule has 6 nitrogen and oxygen atoms in total. The standard InChI is InChI=1S/C10H6N2O2.C9H7NO/c1-2-8-9(11-6-13)4-3-5-10(8)12-7-14;1-2-8-3-5-9(6-4-8)10-7-11/h2-5H,1H2;2-6H,1H2. The maximum absolute atomic E-state index is 10.1. The molecule has 6 heteroatoms. The average Bonchev–Trinajstić information content (AvgIpc) is 2.64. The van der Waals surface area contributed by atoms with Crippen molar-refractivity contribution in [2.75, 3.05) is 0 Å². The van der Waals surface area contributed by atoms with Gasteiger partial charge in [0.25, 0.3) is 0 Å². The molecule has 25 heavy (non-hydrogen) atoms. The summed E-state index contributed by atoms with van der Waals surface area (Å²) in [7, 11) is 0. The van der Waals surface area contributed by atoms with Crippen LogP contribution in [0.1, 0.15) is 11.1 Å². The van der Waals surface area contributed by atoms with Crippen molar-refractivity contribution in [1.82, 2.24) is 0 Å². The van der Waals surface area contributed by atoms with Crippen molar-refractivity contribution in [3.8, 4) is 0 Å². The van der Waals surface area contributed by atoms with Gasteiger partial charge in [0.1, 0.15) is 0 Å². The summed E-state index contributed by atoms with van der Waals surface area (Å²) in [5, 5.41) is 0. The zero-order valence-corrected chi connectivity index (χ0v) is 13.2. The molecule has 122 valence electrons. The first-order chi connectivity index (χ1) is 12.2. The van der Waals surface area contributed by atoms with Crippen LogP contribution in [0.5, 0.6) is 0 Å². The van der Waals surface area contributed by atoms with Crippen molar-refractivity contribution in [3.63, 3.8) is 0 Å². The molecule has 0 aliphatic carbocycles. The number of hydrogen-bond donors (Lipinski definition) is 0. The van der Waals surface area contributed by atoms with Crippen LogP contribution < -0.4 is 0 Å². The quantitative estimate of drug-likeness (QED) is 0.594. The molecule has 0 saturated heterocycles. The maximum Gasteiger partial charge on any atom is 0.240 e. The Morgan fingerprint density at radius 3 is 1.64 bits per heavy atom. The van der Waals surface area contributed by atoms with Crippen LogP contribution in [0.4, 0.5) is 17.1 Å². The summed E-state index contributed by atoms with van der Waals surface area (Å²) in [6.45, 7) is 7.14. The Hall–Kier alpha value is -3.94. The van der Waals surface area contributed by atoms with Crippen LogP contribution in [0.2, 0.25) is 0 Å². The van der Waals surface area contributed by atoms with Crippen LogP contribution in [0, 0.1) is 0 Å². The van der Waals surface area contributed by atoms with Gasteiger partial charge in [-0.1, -0.05) is 43.5 Å². The minimum Gasteiger partial charge on any atom is -0.211 e. The maximum atomic E-state index is 10.1. The normalized spacial score (nSPS) is 8.32. The van der Waals surface area contributed by atoms with E-state index in [4.69, 9.17) is 0 Å². The van der Waals surface area contributed by atoms with Gasteiger partial charge in [-0.2, -0.15) is 15.0 Å². The Bertz CT molecular complexity index is 862. The molecular weight excluding hydrogens is 318 g/mol. The van der Waals surface area contributed by atoms with E-state index in [1.807, 2.05) is 12.1 Å². The fraction of sp³-hybridized carbons (Fsp3) is 0. The molecule has 2 aromatic carbocycles. The third-order valence-corrected chi connectivity index (χ3v) is 2.90. The van der Waals surface area contributed by atoms with Crippen molar-refractivity contribution < 1.29 is 14.4 Å². The predicted octanol–water partition coefficient (Wildman–Crippen LogP) is 4.56. The van der Waals surface area contributed by atoms with Gasteiger partial charge < -0.3 is 0 Å². The first kappa shape index (κ1) is 19.1. The first-order valence-corrected chi connectivity index (χ1v) is 6.91. The van der Waals surface area contributed by atoms with E-state index in [9.17, 15) is 14.4 Å². The summed E-state index contributed by atoms with van der Waals surface area (Å²) >= 11 is 0. The molecule has 0 heterocycles. The lowest BCUT2D eigenvalue weighted by Crippen LogP contribution is -1.75. The predicted molar refractivity (Wildman–Crippen MR) is 96.4 cm³/mol. The Morgan fingerprint density at radius 2 is 1.24 bits per heavy atom. The van der Waals surface area contributed by atoms with Gasteiger partial charge in [-0.25, -0.2) is 14.4 Å². The van der Waals surface area contributed by atoms with Crippen molar-refractivity contribution in [2.45, 2.75) is 0 Å². The monoisotopic (exact) mass is 331 g/mol. The number of benzene rings is 2. The molecule has 0 aliphatic rings. The molecule has 0 unspecified atom stereocenters. The second kappa shape index (κ2) is 10.7. The van der Waals surface area contributed by atoms with Gasteiger partial charge in [-0.05, 0) is 29.8 Å². The number of rotatable bonds is 5. The third kappa shape index (κ3) is 5.99. The molecule has 0 spiro atoms. The molecule has 0 aliphatic heterocycles. The lowest BCUT2D eigenvalue weighted by molar-refractivity contribution is 0.564. The van der Waals surface area contributed by atoms with Crippen LogP contribution in [-0.2, 0) is 14.4 Å². The number of nitrogens with zero attached hydrogens (tertiary/aromatic N) is 3. The lowest BCUT2D eigenvalue weighted by Gasteiger charge is -2.00. The van der Waals surface area contributed by atoms with Gasteiger partial charge in [0, 0.05) is 5.56 Å². The van der Waals surface area contributed by atoms with Crippen molar-refractivity contribution >= 4 is 47.5 Å². The highest BCUT2D eigenvalue weighted by atomic mass is 16.1. The molecule has 0 bridgehead atoms. The third-order valence-electron chi connectivity index (χ3n) is 2.90. The Balaban J connectivity index is 0.000000257. The van der Waals surface area contributed by atoms with Crippen LogP contribution in [-0.4, -0.2) is 18.2 Å². The smallest absolute Gasteiger partial charge is 0.211 e. The highest BCUT2D eigenvalue weighted by Crippen LogP contribution is 2.29. The first-order valence-electron chi connectivity index (χ1n) is 6.91. The van der Waals surface area contributed by atoms with E-state index in [1.54, 1.807) is 36.4 Å². The molecule has 2 rings (SSSR count). The van der Waals surface area contributed by atoms with E-state index < -0.39 is 0 Å². The minimum atomic E-state index is 0.381. The summed E-state index contributed by atoms with van der Waals surface area (Å²) in [4.78, 5) is 40.3. The van der Waals surface area contributed by atoms with E-state index in [2.05, 4.69) is 28.1 Å². The van der Waals surface area contributed by atoms with Crippen molar-refractivity contribution in [1.29, 1.82) is 0 Å². The summed E-state index contributed by atoms with van der Waals surface area (Å²) in [6, 6.07) is 12.0. The van der Waals surface area contributed by atoms with Crippen LogP contribution in [0.25, 0.3) is 12.2 Å². The van der Waals surface area contributed by atoms with Gasteiger partial charge in [-0.15, -0.1) is 0 Å². The molecule has 0 atom stereocenters. The number of isocyanates is 3. The van der Waals surface area contributed by atoms with Gasteiger partial charge in [0.05, 0.1) is 17.1 Å². The van der Waals surface area contributed by atoms with E-state index in [-0.39, 0.29) is 0 Å². The zero-order valence-electron chi connectivity index (χ0n) is 13.2. The molecule has 0 radical (unpaired) electrons. The second-order valence-corrected chi connectivity index (χ2v) is 4.32. The van der Waals surface area contributed by atoms with Gasteiger partial charge in [-0.3, -0.25) is 0 Å². The summed E-state index contributed by atoms with van der Waals surface area (Å²) in [5.41, 5.74) is 2.90. The Labute approximate surface area is 144 Å². The Kier molecular flexibility index (Phi) is 8.20. The SMILES string of the molecule is C=Cc1c(N=C=O)cccc1N=C=O.C=Cc1ccc(N=C=O)cc1. The van der Waals surface area contributed by atoms with Crippen LogP contribution in [0.3, 0.4) is 0 Å². The number of hydrogen-bond acceptors (Lipinski definition) is 6. The highest BCUT2D eigenvalue weighted by molar-refractivity contribution is 5.76. The van der Waals surface area contributed by atoms with Crippen molar-refractivity contribution in [3.05, 3.63) is 66.7 Å².